The summed E-state index contributed by atoms with van der Waals surface area (Å²) in [6, 6.07) is 15.2. The molecule has 2 atom stereocenters. The lowest BCUT2D eigenvalue weighted by atomic mass is 9.98. The summed E-state index contributed by atoms with van der Waals surface area (Å²) in [5.74, 6) is -1.14. The van der Waals surface area contributed by atoms with E-state index in [0.717, 1.165) is 35.1 Å². The number of ether oxygens (including phenoxy) is 1. The van der Waals surface area contributed by atoms with Gasteiger partial charge in [-0.15, -0.1) is 0 Å². The summed E-state index contributed by atoms with van der Waals surface area (Å²) >= 11 is 0. The molecule has 4 rings (SSSR count). The summed E-state index contributed by atoms with van der Waals surface area (Å²) in [6.45, 7) is 3.50. The Hall–Kier alpha value is -3.35. The van der Waals surface area contributed by atoms with Crippen molar-refractivity contribution in [1.82, 2.24) is 10.2 Å². The van der Waals surface area contributed by atoms with Crippen LogP contribution in [0.15, 0.2) is 48.5 Å². The number of nitrogens with zero attached hydrogens (tertiary/aromatic N) is 1. The van der Waals surface area contributed by atoms with Crippen molar-refractivity contribution in [1.29, 1.82) is 0 Å². The van der Waals surface area contributed by atoms with E-state index >= 15 is 0 Å². The molecule has 1 fully saturated rings. The van der Waals surface area contributed by atoms with Crippen molar-refractivity contribution in [3.05, 3.63) is 59.7 Å². The van der Waals surface area contributed by atoms with Crippen LogP contribution in [0.2, 0.25) is 0 Å². The predicted octanol–water partition coefficient (Wildman–Crippen LogP) is 4.41. The highest BCUT2D eigenvalue weighted by Crippen LogP contribution is 2.44. The Kier molecular flexibility index (Phi) is 7.20. The average Bonchev–Trinajstić information content (AvgIpc) is 3.60. The van der Waals surface area contributed by atoms with E-state index in [9.17, 15) is 19.5 Å². The number of fused-ring (bicyclic) bond motifs is 3. The highest BCUT2D eigenvalue weighted by atomic mass is 16.5. The summed E-state index contributed by atoms with van der Waals surface area (Å²) in [7, 11) is 0. The molecule has 2 aliphatic rings. The molecule has 0 aliphatic heterocycles. The lowest BCUT2D eigenvalue weighted by molar-refractivity contribution is -0.147. The van der Waals surface area contributed by atoms with Crippen LogP contribution in [0.4, 0.5) is 4.79 Å². The van der Waals surface area contributed by atoms with Crippen LogP contribution < -0.4 is 5.32 Å². The monoisotopic (exact) mass is 464 g/mol. The number of benzene rings is 2. The molecule has 0 saturated heterocycles. The van der Waals surface area contributed by atoms with Crippen molar-refractivity contribution in [2.45, 2.75) is 57.5 Å². The van der Waals surface area contributed by atoms with E-state index in [4.69, 9.17) is 4.74 Å². The van der Waals surface area contributed by atoms with Gasteiger partial charge in [0, 0.05) is 12.0 Å². The number of nitrogens with one attached hydrogen (secondary N) is 1. The molecule has 0 heterocycles. The number of amides is 2. The van der Waals surface area contributed by atoms with Crippen LogP contribution in [0.1, 0.15) is 56.6 Å². The van der Waals surface area contributed by atoms with Gasteiger partial charge in [-0.3, -0.25) is 9.59 Å². The highest BCUT2D eigenvalue weighted by molar-refractivity contribution is 5.88. The van der Waals surface area contributed by atoms with Gasteiger partial charge in [0.05, 0.1) is 0 Å². The molecule has 1 saturated carbocycles. The van der Waals surface area contributed by atoms with Gasteiger partial charge in [0.2, 0.25) is 5.91 Å². The minimum atomic E-state index is -1.07. The summed E-state index contributed by atoms with van der Waals surface area (Å²) in [5, 5.41) is 12.0. The maximum absolute atomic E-state index is 13.3. The van der Waals surface area contributed by atoms with Gasteiger partial charge in [-0.25, -0.2) is 4.79 Å². The Morgan fingerprint density at radius 3 is 2.18 bits per heavy atom. The maximum Gasteiger partial charge on any atom is 0.407 e. The number of carboxylic acid groups (broad SMARTS) is 1. The highest BCUT2D eigenvalue weighted by Gasteiger charge is 2.35. The van der Waals surface area contributed by atoms with Crippen molar-refractivity contribution in [2.75, 3.05) is 13.2 Å². The Labute approximate surface area is 200 Å². The minimum Gasteiger partial charge on any atom is -0.480 e. The van der Waals surface area contributed by atoms with Gasteiger partial charge in [-0.05, 0) is 47.9 Å². The van der Waals surface area contributed by atoms with E-state index < -0.39 is 18.1 Å². The molecule has 7 nitrogen and oxygen atoms in total. The molecule has 2 aromatic carbocycles. The largest absolute Gasteiger partial charge is 0.480 e. The molecule has 2 amide bonds. The molecule has 7 heteroatoms. The number of hydrogen-bond donors (Lipinski definition) is 2. The molecule has 180 valence electrons. The molecule has 2 N–H and O–H groups in total. The molecule has 2 aliphatic carbocycles. The van der Waals surface area contributed by atoms with Crippen LogP contribution in [0, 0.1) is 5.92 Å². The zero-order chi connectivity index (χ0) is 24.2. The van der Waals surface area contributed by atoms with Crippen LogP contribution in [0.25, 0.3) is 11.1 Å². The topological polar surface area (TPSA) is 95.9 Å². The molecule has 0 radical (unpaired) electrons. The lowest BCUT2D eigenvalue weighted by Gasteiger charge is -2.31. The summed E-state index contributed by atoms with van der Waals surface area (Å²) in [5.41, 5.74) is 4.52. The van der Waals surface area contributed by atoms with Gasteiger partial charge in [0.25, 0.3) is 0 Å². The fourth-order valence-corrected chi connectivity index (χ4v) is 4.71. The first-order valence-corrected chi connectivity index (χ1v) is 12.0. The van der Waals surface area contributed by atoms with Gasteiger partial charge < -0.3 is 20.1 Å². The number of hydrogen-bond acceptors (Lipinski definition) is 4. The fraction of sp³-hybridized carbons (Fsp3) is 0.444. The molecule has 0 aromatic heterocycles. The molecule has 2 aromatic rings. The molecular weight excluding hydrogens is 432 g/mol. The fourth-order valence-electron chi connectivity index (χ4n) is 4.71. The van der Waals surface area contributed by atoms with Crippen molar-refractivity contribution in [3.63, 3.8) is 0 Å². The first kappa shape index (κ1) is 23.8. The predicted molar refractivity (Wildman–Crippen MR) is 128 cm³/mol. The van der Waals surface area contributed by atoms with Gasteiger partial charge >= 0.3 is 12.1 Å². The summed E-state index contributed by atoms with van der Waals surface area (Å²) < 4.78 is 5.63. The van der Waals surface area contributed by atoms with Crippen molar-refractivity contribution >= 4 is 18.0 Å². The molecule has 2 unspecified atom stereocenters. The van der Waals surface area contributed by atoms with Crippen LogP contribution in [0.5, 0.6) is 0 Å². The minimum absolute atomic E-state index is 0.0700. The Balaban J connectivity index is 1.45. The third-order valence-electron chi connectivity index (χ3n) is 6.91. The van der Waals surface area contributed by atoms with Gasteiger partial charge in [0.15, 0.2) is 0 Å². The van der Waals surface area contributed by atoms with E-state index in [1.54, 1.807) is 0 Å². The van der Waals surface area contributed by atoms with Crippen molar-refractivity contribution in [2.24, 2.45) is 5.92 Å². The SMILES string of the molecule is CCC(C)N(CC(=O)O)C(=O)C(CC1CC1)NC(=O)OCC1c2ccccc2-c2ccccc21. The second kappa shape index (κ2) is 10.3. The van der Waals surface area contributed by atoms with Crippen LogP contribution in [-0.2, 0) is 14.3 Å². The van der Waals surface area contributed by atoms with E-state index in [-0.39, 0.29) is 31.0 Å². The zero-order valence-corrected chi connectivity index (χ0v) is 19.7. The van der Waals surface area contributed by atoms with Crippen molar-refractivity contribution in [3.8, 4) is 11.1 Å². The van der Waals surface area contributed by atoms with Gasteiger partial charge in [0.1, 0.15) is 19.2 Å². The Morgan fingerprint density at radius 2 is 1.65 bits per heavy atom. The quantitative estimate of drug-likeness (QED) is 0.543. The number of alkyl carbamates (subject to hydrolysis) is 1. The van der Waals surface area contributed by atoms with E-state index in [1.807, 2.05) is 38.1 Å². The van der Waals surface area contributed by atoms with Crippen LogP contribution in [-0.4, -0.2) is 53.2 Å². The normalized spacial score (nSPS) is 16.2. The standard InChI is InChI=1S/C27H32N2O5/c1-3-17(2)29(15-25(30)31)26(32)24(14-18-12-13-18)28-27(33)34-16-23-21-10-6-4-8-19(21)20-9-5-7-11-22(20)23/h4-11,17-18,23-24H,3,12-16H2,1-2H3,(H,28,33)(H,30,31). The Bertz CT molecular complexity index is 1020. The number of rotatable bonds is 10. The van der Waals surface area contributed by atoms with E-state index in [1.165, 1.54) is 4.90 Å². The second-order valence-corrected chi connectivity index (χ2v) is 9.32. The van der Waals surface area contributed by atoms with Gasteiger partial charge in [-0.1, -0.05) is 68.3 Å². The smallest absolute Gasteiger partial charge is 0.407 e. The third-order valence-corrected chi connectivity index (χ3v) is 6.91. The average molecular weight is 465 g/mol. The second-order valence-electron chi connectivity index (χ2n) is 9.32. The number of carbonyl (C=O) groups is 3. The van der Waals surface area contributed by atoms with Crippen LogP contribution in [0.3, 0.4) is 0 Å². The van der Waals surface area contributed by atoms with Crippen LogP contribution >= 0.6 is 0 Å². The van der Waals surface area contributed by atoms with E-state index in [2.05, 4.69) is 29.6 Å². The zero-order valence-electron chi connectivity index (χ0n) is 19.7. The van der Waals surface area contributed by atoms with E-state index in [0.29, 0.717) is 18.8 Å². The lowest BCUT2D eigenvalue weighted by Crippen LogP contribution is -2.53. The maximum atomic E-state index is 13.3. The number of carboxylic acids is 1. The first-order valence-electron chi connectivity index (χ1n) is 12.0. The number of carbonyl (C=O) groups excluding carboxylic acids is 2. The first-order chi connectivity index (χ1) is 16.4. The molecule has 34 heavy (non-hydrogen) atoms. The number of aliphatic carboxylic acids is 1. The van der Waals surface area contributed by atoms with Crippen molar-refractivity contribution < 1.29 is 24.2 Å². The Morgan fingerprint density at radius 1 is 1.06 bits per heavy atom. The third kappa shape index (κ3) is 5.24. The summed E-state index contributed by atoms with van der Waals surface area (Å²) in [4.78, 5) is 38.8. The summed E-state index contributed by atoms with van der Waals surface area (Å²) in [6.07, 6.45) is 2.49. The molecule has 0 spiro atoms. The molecule has 0 bridgehead atoms. The van der Waals surface area contributed by atoms with Gasteiger partial charge in [-0.2, -0.15) is 0 Å². The molecular formula is C27H32N2O5.